The van der Waals surface area contributed by atoms with Crippen LogP contribution in [0.25, 0.3) is 0 Å². The fourth-order valence-corrected chi connectivity index (χ4v) is 6.71. The molecule has 4 rings (SSSR count). The molecule has 0 bridgehead atoms. The van der Waals surface area contributed by atoms with E-state index in [1.807, 2.05) is 24.3 Å². The molecule has 0 aromatic heterocycles. The van der Waals surface area contributed by atoms with E-state index in [9.17, 15) is 24.0 Å². The van der Waals surface area contributed by atoms with Gasteiger partial charge in [-0.15, -0.1) is 11.8 Å². The minimum atomic E-state index is -1.00. The molecule has 0 aliphatic carbocycles. The topological polar surface area (TPSA) is 134 Å². The van der Waals surface area contributed by atoms with E-state index in [2.05, 4.69) is 61.9 Å². The Morgan fingerprint density at radius 2 is 1.60 bits per heavy atom. The molecule has 0 saturated carbocycles. The highest BCUT2D eigenvalue weighted by molar-refractivity contribution is 7.99. The Balaban J connectivity index is 1.14. The number of hydrogen-bond donors (Lipinski definition) is 3. The van der Waals surface area contributed by atoms with Crippen LogP contribution in [0.15, 0.2) is 82.3 Å². The summed E-state index contributed by atoms with van der Waals surface area (Å²) in [4.78, 5) is 64.5. The van der Waals surface area contributed by atoms with Crippen molar-refractivity contribution in [3.63, 3.8) is 0 Å². The standard InChI is InChI=1S/C39H48N4O6S/c1-26(2)9-7-10-27(3)11-8-12-28(4)19-24-50-34-14-6-5-13-31(34)36(45)41-21-23-49-22-20-40-29-15-16-30-32(25-29)39(48)43(38(30)47)33-17-18-35(44)42-37(33)46/h5-6,9,11,13-16,19,25,33,40H,7-8,10,12,17-18,20-24H2,1-4H3,(H,41,45)(H,42,44,46). The Bertz CT molecular complexity index is 1680. The van der Waals surface area contributed by atoms with E-state index in [-0.39, 0.29) is 29.9 Å². The molecule has 5 amide bonds. The zero-order valence-corrected chi connectivity index (χ0v) is 30.3. The van der Waals surface area contributed by atoms with E-state index in [1.165, 1.54) is 16.7 Å². The van der Waals surface area contributed by atoms with E-state index in [1.54, 1.807) is 30.0 Å². The molecular formula is C39H48N4O6S. The number of anilines is 1. The Morgan fingerprint density at radius 3 is 2.36 bits per heavy atom. The number of rotatable bonds is 18. The van der Waals surface area contributed by atoms with Crippen molar-refractivity contribution < 1.29 is 28.7 Å². The molecule has 2 aliphatic heterocycles. The van der Waals surface area contributed by atoms with E-state index in [0.29, 0.717) is 37.6 Å². The van der Waals surface area contributed by atoms with Crippen LogP contribution in [-0.4, -0.2) is 72.5 Å². The predicted molar refractivity (Wildman–Crippen MR) is 197 cm³/mol. The molecular weight excluding hydrogens is 653 g/mol. The van der Waals surface area contributed by atoms with Crippen molar-refractivity contribution in [2.45, 2.75) is 77.2 Å². The van der Waals surface area contributed by atoms with Crippen LogP contribution in [0.2, 0.25) is 0 Å². The number of carbonyl (C=O) groups excluding carboxylic acids is 5. The third-order valence-corrected chi connectivity index (χ3v) is 9.47. The van der Waals surface area contributed by atoms with Gasteiger partial charge in [0.15, 0.2) is 0 Å². The molecule has 0 spiro atoms. The molecule has 2 heterocycles. The summed E-state index contributed by atoms with van der Waals surface area (Å²) >= 11 is 1.65. The number of fused-ring (bicyclic) bond motifs is 1. The molecule has 0 radical (unpaired) electrons. The Morgan fingerprint density at radius 1 is 0.900 bits per heavy atom. The van der Waals surface area contributed by atoms with E-state index in [4.69, 9.17) is 4.74 Å². The number of nitrogens with zero attached hydrogens (tertiary/aromatic N) is 1. The number of imide groups is 2. The van der Waals surface area contributed by atoms with Crippen molar-refractivity contribution in [2.75, 3.05) is 37.4 Å². The van der Waals surface area contributed by atoms with Gasteiger partial charge in [-0.25, -0.2) is 0 Å². The summed E-state index contributed by atoms with van der Waals surface area (Å²) in [5.41, 5.74) is 5.84. The summed E-state index contributed by atoms with van der Waals surface area (Å²) in [5.74, 6) is -1.50. The maximum absolute atomic E-state index is 13.0. The fraction of sp³-hybridized carbons (Fsp3) is 0.410. The third-order valence-electron chi connectivity index (χ3n) is 8.47. The summed E-state index contributed by atoms with van der Waals surface area (Å²) in [6.45, 7) is 10.1. The van der Waals surface area contributed by atoms with Crippen LogP contribution in [0.4, 0.5) is 5.69 Å². The van der Waals surface area contributed by atoms with Gasteiger partial charge in [0, 0.05) is 35.8 Å². The van der Waals surface area contributed by atoms with Crippen molar-refractivity contribution in [2.24, 2.45) is 0 Å². The van der Waals surface area contributed by atoms with Crippen LogP contribution < -0.4 is 16.0 Å². The summed E-state index contributed by atoms with van der Waals surface area (Å²) in [6.07, 6.45) is 11.3. The minimum absolute atomic E-state index is 0.0701. The number of hydrogen-bond acceptors (Lipinski definition) is 8. The van der Waals surface area contributed by atoms with Gasteiger partial charge in [-0.05, 0) is 90.1 Å². The average molecular weight is 701 g/mol. The maximum Gasteiger partial charge on any atom is 0.262 e. The van der Waals surface area contributed by atoms with Crippen LogP contribution in [-0.2, 0) is 14.3 Å². The molecule has 2 aliphatic rings. The first-order valence-electron chi connectivity index (χ1n) is 17.2. The molecule has 50 heavy (non-hydrogen) atoms. The van der Waals surface area contributed by atoms with Crippen molar-refractivity contribution in [1.82, 2.24) is 15.5 Å². The molecule has 1 fully saturated rings. The predicted octanol–water partition coefficient (Wildman–Crippen LogP) is 6.46. The number of carbonyl (C=O) groups is 5. The van der Waals surface area contributed by atoms with Gasteiger partial charge in [-0.2, -0.15) is 0 Å². The lowest BCUT2D eigenvalue weighted by atomic mass is 10.0. The zero-order chi connectivity index (χ0) is 36.0. The number of piperidine rings is 1. The first-order valence-corrected chi connectivity index (χ1v) is 18.2. The molecule has 266 valence electrons. The normalized spacial score (nSPS) is 16.3. The van der Waals surface area contributed by atoms with E-state index < -0.39 is 29.7 Å². The Hall–Kier alpha value is -4.48. The van der Waals surface area contributed by atoms with Gasteiger partial charge in [0.05, 0.1) is 29.9 Å². The summed E-state index contributed by atoms with van der Waals surface area (Å²) in [7, 11) is 0. The summed E-state index contributed by atoms with van der Waals surface area (Å²) < 4.78 is 5.69. The molecule has 10 nitrogen and oxygen atoms in total. The number of nitrogens with one attached hydrogen (secondary N) is 3. The van der Waals surface area contributed by atoms with Gasteiger partial charge >= 0.3 is 0 Å². The number of ether oxygens (including phenoxy) is 1. The van der Waals surface area contributed by atoms with E-state index >= 15 is 0 Å². The maximum atomic E-state index is 13.0. The molecule has 1 unspecified atom stereocenters. The molecule has 1 saturated heterocycles. The van der Waals surface area contributed by atoms with Gasteiger partial charge < -0.3 is 15.4 Å². The first kappa shape index (κ1) is 38.3. The fourth-order valence-electron chi connectivity index (χ4n) is 5.68. The number of amides is 5. The zero-order valence-electron chi connectivity index (χ0n) is 29.4. The van der Waals surface area contributed by atoms with Gasteiger partial charge in [-0.3, -0.25) is 34.2 Å². The van der Waals surface area contributed by atoms with Crippen LogP contribution in [0.1, 0.15) is 97.3 Å². The Kier molecular flexibility index (Phi) is 14.6. The molecule has 2 aromatic carbocycles. The van der Waals surface area contributed by atoms with Crippen molar-refractivity contribution in [3.8, 4) is 0 Å². The van der Waals surface area contributed by atoms with Crippen LogP contribution in [0.3, 0.4) is 0 Å². The molecule has 1 atom stereocenters. The number of thioether (sulfide) groups is 1. The SMILES string of the molecule is CC(C)=CCCC(C)=CCCC(C)=CCSc1ccccc1C(=O)NCCOCCNc1ccc2c(c1)C(=O)N(C1CCC(=O)NC1=O)C2=O. The average Bonchev–Trinajstić information content (AvgIpc) is 3.32. The highest BCUT2D eigenvalue weighted by atomic mass is 32.2. The van der Waals surface area contributed by atoms with Crippen LogP contribution in [0.5, 0.6) is 0 Å². The van der Waals surface area contributed by atoms with Crippen LogP contribution in [0, 0.1) is 0 Å². The number of allylic oxidation sites excluding steroid dienone is 5. The second-order valence-corrected chi connectivity index (χ2v) is 13.8. The van der Waals surface area contributed by atoms with Crippen molar-refractivity contribution >= 4 is 47.0 Å². The highest BCUT2D eigenvalue weighted by Gasteiger charge is 2.44. The highest BCUT2D eigenvalue weighted by Crippen LogP contribution is 2.29. The largest absolute Gasteiger partial charge is 0.383 e. The van der Waals surface area contributed by atoms with Gasteiger partial charge in [0.1, 0.15) is 6.04 Å². The monoisotopic (exact) mass is 700 g/mol. The van der Waals surface area contributed by atoms with Crippen molar-refractivity contribution in [3.05, 3.63) is 94.1 Å². The molecule has 2 aromatic rings. The van der Waals surface area contributed by atoms with Gasteiger partial charge in [-0.1, -0.05) is 47.1 Å². The molecule has 11 heteroatoms. The van der Waals surface area contributed by atoms with E-state index in [0.717, 1.165) is 41.2 Å². The first-order chi connectivity index (χ1) is 24.0. The smallest absolute Gasteiger partial charge is 0.262 e. The molecule has 3 N–H and O–H groups in total. The van der Waals surface area contributed by atoms with Gasteiger partial charge in [0.25, 0.3) is 17.7 Å². The summed E-state index contributed by atoms with van der Waals surface area (Å²) in [6, 6.07) is 11.4. The van der Waals surface area contributed by atoms with Crippen LogP contribution >= 0.6 is 11.8 Å². The lowest BCUT2D eigenvalue weighted by Crippen LogP contribution is -2.54. The second kappa shape index (κ2) is 19.1. The summed E-state index contributed by atoms with van der Waals surface area (Å²) in [5, 5.41) is 8.31. The Labute approximate surface area is 299 Å². The lowest BCUT2D eigenvalue weighted by molar-refractivity contribution is -0.136. The second-order valence-electron chi connectivity index (χ2n) is 12.8. The number of benzene rings is 2. The van der Waals surface area contributed by atoms with Crippen molar-refractivity contribution in [1.29, 1.82) is 0 Å². The quantitative estimate of drug-likeness (QED) is 0.0699. The minimum Gasteiger partial charge on any atom is -0.383 e. The lowest BCUT2D eigenvalue weighted by Gasteiger charge is -2.27. The third kappa shape index (κ3) is 11.0. The van der Waals surface area contributed by atoms with Gasteiger partial charge in [0.2, 0.25) is 11.8 Å².